The van der Waals surface area contributed by atoms with Gasteiger partial charge in [0, 0.05) is 31.1 Å². The lowest BCUT2D eigenvalue weighted by molar-refractivity contribution is 0.0771. The number of hydrogen-bond acceptors (Lipinski definition) is 4. The molecule has 1 aromatic heterocycles. The molecule has 1 fully saturated rings. The largest absolute Gasteiger partial charge is 0.378 e. The Morgan fingerprint density at radius 2 is 2.35 bits per heavy atom. The predicted molar refractivity (Wildman–Crippen MR) is 66.6 cm³/mol. The normalized spacial score (nSPS) is 26.0. The van der Waals surface area contributed by atoms with E-state index in [0.717, 1.165) is 31.7 Å². The maximum Gasteiger partial charge on any atom is 0.0759 e. The number of aromatic nitrogens is 2. The van der Waals surface area contributed by atoms with Gasteiger partial charge in [0.2, 0.25) is 0 Å². The van der Waals surface area contributed by atoms with Gasteiger partial charge in [0.25, 0.3) is 0 Å². The Morgan fingerprint density at radius 1 is 1.47 bits per heavy atom. The van der Waals surface area contributed by atoms with Crippen molar-refractivity contribution in [1.29, 1.82) is 0 Å². The topological polar surface area (TPSA) is 47.0 Å². The van der Waals surface area contributed by atoms with E-state index in [1.807, 2.05) is 6.20 Å². The quantitative estimate of drug-likeness (QED) is 0.847. The summed E-state index contributed by atoms with van der Waals surface area (Å²) in [5.74, 6) is 0.511. The molecule has 1 N–H and O–H groups in total. The van der Waals surface area contributed by atoms with Crippen molar-refractivity contribution in [3.63, 3.8) is 0 Å². The van der Waals surface area contributed by atoms with Crippen LogP contribution in [-0.2, 0) is 4.74 Å². The van der Waals surface area contributed by atoms with E-state index in [0.29, 0.717) is 12.0 Å². The summed E-state index contributed by atoms with van der Waals surface area (Å²) in [6.07, 6.45) is 7.85. The summed E-state index contributed by atoms with van der Waals surface area (Å²) < 4.78 is 5.78. The van der Waals surface area contributed by atoms with Crippen LogP contribution >= 0.6 is 0 Å². The second-order valence-electron chi connectivity index (χ2n) is 4.44. The van der Waals surface area contributed by atoms with Crippen molar-refractivity contribution in [2.24, 2.45) is 5.92 Å². The van der Waals surface area contributed by atoms with Crippen LogP contribution in [0.3, 0.4) is 0 Å². The zero-order chi connectivity index (χ0) is 12.1. The van der Waals surface area contributed by atoms with Gasteiger partial charge in [-0.1, -0.05) is 13.8 Å². The average molecular weight is 235 g/mol. The Kier molecular flexibility index (Phi) is 4.45. The maximum absolute atomic E-state index is 5.78. The molecule has 0 bridgehead atoms. The molecule has 1 aliphatic rings. The van der Waals surface area contributed by atoms with Crippen LogP contribution in [0.2, 0.25) is 0 Å². The lowest BCUT2D eigenvalue weighted by atomic mass is 9.89. The molecule has 3 unspecified atom stereocenters. The van der Waals surface area contributed by atoms with E-state index in [4.69, 9.17) is 4.74 Å². The molecule has 94 valence electrons. The highest BCUT2D eigenvalue weighted by Crippen LogP contribution is 2.33. The van der Waals surface area contributed by atoms with Crippen molar-refractivity contribution < 1.29 is 4.74 Å². The Hall–Kier alpha value is -1.00. The molecule has 0 aromatic carbocycles. The van der Waals surface area contributed by atoms with Crippen molar-refractivity contribution in [2.75, 3.05) is 13.2 Å². The zero-order valence-corrected chi connectivity index (χ0v) is 10.6. The minimum Gasteiger partial charge on any atom is -0.378 e. The number of rotatable bonds is 5. The molecule has 3 atom stereocenters. The average Bonchev–Trinajstić information content (AvgIpc) is 2.85. The van der Waals surface area contributed by atoms with Crippen molar-refractivity contribution in [3.05, 3.63) is 24.3 Å². The van der Waals surface area contributed by atoms with Crippen LogP contribution in [-0.4, -0.2) is 29.2 Å². The minimum atomic E-state index is 0.265. The smallest absolute Gasteiger partial charge is 0.0759 e. The maximum atomic E-state index is 5.78. The third-order valence-corrected chi connectivity index (χ3v) is 3.42. The van der Waals surface area contributed by atoms with E-state index >= 15 is 0 Å². The molecule has 0 amide bonds. The van der Waals surface area contributed by atoms with Crippen LogP contribution in [0.1, 0.15) is 38.4 Å². The molecular formula is C13H21N3O. The summed E-state index contributed by atoms with van der Waals surface area (Å²) in [6.45, 7) is 6.11. The summed E-state index contributed by atoms with van der Waals surface area (Å²) in [5.41, 5.74) is 1.03. The lowest BCUT2D eigenvalue weighted by Crippen LogP contribution is -2.33. The van der Waals surface area contributed by atoms with Crippen molar-refractivity contribution in [1.82, 2.24) is 15.3 Å². The molecule has 2 rings (SSSR count). The van der Waals surface area contributed by atoms with Crippen molar-refractivity contribution in [3.8, 4) is 0 Å². The van der Waals surface area contributed by atoms with Gasteiger partial charge < -0.3 is 10.1 Å². The predicted octanol–water partition coefficient (Wildman–Crippen LogP) is 1.94. The highest BCUT2D eigenvalue weighted by atomic mass is 16.5. The van der Waals surface area contributed by atoms with E-state index < -0.39 is 0 Å². The molecule has 0 aliphatic carbocycles. The molecule has 1 aliphatic heterocycles. The molecule has 1 aromatic rings. The molecule has 1 saturated heterocycles. The molecule has 17 heavy (non-hydrogen) atoms. The lowest BCUT2D eigenvalue weighted by Gasteiger charge is -2.27. The highest BCUT2D eigenvalue weighted by molar-refractivity contribution is 5.06. The molecule has 0 radical (unpaired) electrons. The molecule has 4 heteroatoms. The van der Waals surface area contributed by atoms with Crippen LogP contribution in [0.25, 0.3) is 0 Å². The fourth-order valence-corrected chi connectivity index (χ4v) is 2.63. The fourth-order valence-electron chi connectivity index (χ4n) is 2.63. The van der Waals surface area contributed by atoms with E-state index in [1.54, 1.807) is 12.4 Å². The Bertz CT molecular complexity index is 331. The molecule has 0 saturated carbocycles. The first-order valence-corrected chi connectivity index (χ1v) is 6.47. The Labute approximate surface area is 103 Å². The van der Waals surface area contributed by atoms with Crippen LogP contribution in [0, 0.1) is 5.92 Å². The third-order valence-electron chi connectivity index (χ3n) is 3.42. The van der Waals surface area contributed by atoms with Crippen molar-refractivity contribution in [2.45, 2.75) is 38.8 Å². The Balaban J connectivity index is 2.17. The van der Waals surface area contributed by atoms with E-state index in [2.05, 4.69) is 29.1 Å². The number of nitrogens with zero attached hydrogens (tertiary/aromatic N) is 2. The summed E-state index contributed by atoms with van der Waals surface area (Å²) in [6, 6.07) is 0.265. The summed E-state index contributed by atoms with van der Waals surface area (Å²) in [4.78, 5) is 8.60. The van der Waals surface area contributed by atoms with E-state index in [-0.39, 0.29) is 6.04 Å². The minimum absolute atomic E-state index is 0.265. The van der Waals surface area contributed by atoms with Gasteiger partial charge in [-0.05, 0) is 19.4 Å². The number of hydrogen-bond donors (Lipinski definition) is 1. The van der Waals surface area contributed by atoms with Gasteiger partial charge >= 0.3 is 0 Å². The van der Waals surface area contributed by atoms with Gasteiger partial charge in [0.1, 0.15) is 0 Å². The second kappa shape index (κ2) is 6.07. The van der Waals surface area contributed by atoms with Gasteiger partial charge in [-0.3, -0.25) is 9.97 Å². The van der Waals surface area contributed by atoms with Crippen LogP contribution in [0.15, 0.2) is 18.6 Å². The molecule has 2 heterocycles. The monoisotopic (exact) mass is 235 g/mol. The number of nitrogens with one attached hydrogen (secondary N) is 1. The first-order valence-electron chi connectivity index (χ1n) is 6.47. The van der Waals surface area contributed by atoms with Crippen LogP contribution in [0.4, 0.5) is 0 Å². The van der Waals surface area contributed by atoms with Crippen LogP contribution < -0.4 is 5.32 Å². The third kappa shape index (κ3) is 2.82. The standard InChI is InChI=1S/C13H21N3O/c1-3-12-10(5-8-17-12)13(15-4-2)11-9-14-6-7-16-11/h6-7,9-10,12-13,15H,3-5,8H2,1-2H3. The SMILES string of the molecule is CCNC(c1cnccn1)C1CCOC1CC. The van der Waals surface area contributed by atoms with E-state index in [9.17, 15) is 0 Å². The van der Waals surface area contributed by atoms with Gasteiger partial charge in [0.15, 0.2) is 0 Å². The van der Waals surface area contributed by atoms with E-state index in [1.165, 1.54) is 0 Å². The number of ether oxygens (including phenoxy) is 1. The first kappa shape index (κ1) is 12.5. The van der Waals surface area contributed by atoms with Crippen molar-refractivity contribution >= 4 is 0 Å². The summed E-state index contributed by atoms with van der Waals surface area (Å²) in [5, 5.41) is 3.52. The van der Waals surface area contributed by atoms with Crippen LogP contribution in [0.5, 0.6) is 0 Å². The van der Waals surface area contributed by atoms with Gasteiger partial charge in [-0.15, -0.1) is 0 Å². The van der Waals surface area contributed by atoms with Gasteiger partial charge in [-0.2, -0.15) is 0 Å². The first-order chi connectivity index (χ1) is 8.36. The summed E-state index contributed by atoms with van der Waals surface area (Å²) in [7, 11) is 0. The molecular weight excluding hydrogens is 214 g/mol. The molecule has 0 spiro atoms. The Morgan fingerprint density at radius 3 is 3.00 bits per heavy atom. The summed E-state index contributed by atoms with van der Waals surface area (Å²) >= 11 is 0. The van der Waals surface area contributed by atoms with Gasteiger partial charge in [-0.25, -0.2) is 0 Å². The van der Waals surface area contributed by atoms with Gasteiger partial charge in [0.05, 0.1) is 17.8 Å². The molecule has 4 nitrogen and oxygen atoms in total. The second-order valence-corrected chi connectivity index (χ2v) is 4.44. The highest BCUT2D eigenvalue weighted by Gasteiger charge is 2.34. The fraction of sp³-hybridized carbons (Fsp3) is 0.692. The zero-order valence-electron chi connectivity index (χ0n) is 10.6.